The summed E-state index contributed by atoms with van der Waals surface area (Å²) >= 11 is 0. The van der Waals surface area contributed by atoms with Crippen LogP contribution in [0.25, 0.3) is 0 Å². The molecule has 1 heterocycles. The Morgan fingerprint density at radius 1 is 1.17 bits per heavy atom. The van der Waals surface area contributed by atoms with E-state index in [1.54, 1.807) is 0 Å². The smallest absolute Gasteiger partial charge is 0.0123 e. The third kappa shape index (κ3) is 3.96. The van der Waals surface area contributed by atoms with Crippen molar-refractivity contribution in [3.05, 3.63) is 0 Å². The average Bonchev–Trinajstić information content (AvgIpc) is 2.39. The van der Waals surface area contributed by atoms with Crippen LogP contribution in [-0.4, -0.2) is 36.6 Å². The van der Waals surface area contributed by atoms with Crippen LogP contribution in [0.1, 0.15) is 65.2 Å². The molecule has 1 aliphatic heterocycles. The molecule has 106 valence electrons. The maximum atomic E-state index is 3.52. The van der Waals surface area contributed by atoms with Gasteiger partial charge in [-0.05, 0) is 71.0 Å². The van der Waals surface area contributed by atoms with E-state index < -0.39 is 0 Å². The predicted octanol–water partition coefficient (Wildman–Crippen LogP) is 3.42. The zero-order valence-corrected chi connectivity index (χ0v) is 12.5. The molecule has 2 nitrogen and oxygen atoms in total. The van der Waals surface area contributed by atoms with E-state index in [2.05, 4.69) is 24.1 Å². The third-order valence-electron chi connectivity index (χ3n) is 4.99. The van der Waals surface area contributed by atoms with Gasteiger partial charge >= 0.3 is 0 Å². The SMILES string of the molecule is CCNC(C)CCCN1CCC[C@H]2CCCC[C@H]21. The molecular formula is C16H32N2. The van der Waals surface area contributed by atoms with Gasteiger partial charge in [0.2, 0.25) is 0 Å². The van der Waals surface area contributed by atoms with E-state index in [-0.39, 0.29) is 0 Å². The van der Waals surface area contributed by atoms with Crippen LogP contribution in [0.4, 0.5) is 0 Å². The molecule has 2 aliphatic rings. The zero-order chi connectivity index (χ0) is 12.8. The Hall–Kier alpha value is -0.0800. The molecule has 2 rings (SSSR count). The Morgan fingerprint density at radius 3 is 2.78 bits per heavy atom. The van der Waals surface area contributed by atoms with Crippen LogP contribution >= 0.6 is 0 Å². The second-order valence-electron chi connectivity index (χ2n) is 6.39. The van der Waals surface area contributed by atoms with E-state index >= 15 is 0 Å². The van der Waals surface area contributed by atoms with Crippen LogP contribution in [0.15, 0.2) is 0 Å². The molecule has 0 aromatic rings. The van der Waals surface area contributed by atoms with Gasteiger partial charge in [-0.3, -0.25) is 0 Å². The van der Waals surface area contributed by atoms with Crippen LogP contribution < -0.4 is 5.32 Å². The third-order valence-corrected chi connectivity index (χ3v) is 4.99. The van der Waals surface area contributed by atoms with Crippen LogP contribution in [0.5, 0.6) is 0 Å². The van der Waals surface area contributed by atoms with Crippen molar-refractivity contribution in [2.75, 3.05) is 19.6 Å². The average molecular weight is 252 g/mol. The number of rotatable bonds is 6. The van der Waals surface area contributed by atoms with E-state index in [4.69, 9.17) is 0 Å². The summed E-state index contributed by atoms with van der Waals surface area (Å²) in [6.07, 6.45) is 11.6. The fraction of sp³-hybridized carbons (Fsp3) is 1.00. The minimum Gasteiger partial charge on any atom is -0.315 e. The largest absolute Gasteiger partial charge is 0.315 e. The molecule has 0 aromatic carbocycles. The molecule has 2 heteroatoms. The van der Waals surface area contributed by atoms with Crippen molar-refractivity contribution in [3.63, 3.8) is 0 Å². The summed E-state index contributed by atoms with van der Waals surface area (Å²) < 4.78 is 0. The minimum absolute atomic E-state index is 0.696. The first-order chi connectivity index (χ1) is 8.81. The van der Waals surface area contributed by atoms with Crippen LogP contribution in [-0.2, 0) is 0 Å². The Bertz CT molecular complexity index is 227. The van der Waals surface area contributed by atoms with Crippen molar-refractivity contribution >= 4 is 0 Å². The van der Waals surface area contributed by atoms with Gasteiger partial charge in [0.05, 0.1) is 0 Å². The zero-order valence-electron chi connectivity index (χ0n) is 12.5. The highest BCUT2D eigenvalue weighted by Crippen LogP contribution is 2.35. The second kappa shape index (κ2) is 7.49. The molecule has 0 bridgehead atoms. The van der Waals surface area contributed by atoms with Gasteiger partial charge in [0, 0.05) is 12.1 Å². The first-order valence-electron chi connectivity index (χ1n) is 8.28. The second-order valence-corrected chi connectivity index (χ2v) is 6.39. The van der Waals surface area contributed by atoms with E-state index in [1.807, 2.05) is 0 Å². The van der Waals surface area contributed by atoms with Crippen molar-refractivity contribution in [3.8, 4) is 0 Å². The van der Waals surface area contributed by atoms with Gasteiger partial charge < -0.3 is 10.2 Å². The lowest BCUT2D eigenvalue weighted by Crippen LogP contribution is -2.47. The fourth-order valence-corrected chi connectivity index (χ4v) is 4.06. The number of hydrogen-bond donors (Lipinski definition) is 1. The first-order valence-corrected chi connectivity index (χ1v) is 8.28. The topological polar surface area (TPSA) is 15.3 Å². The lowest BCUT2D eigenvalue weighted by molar-refractivity contribution is 0.0591. The Balaban J connectivity index is 1.70. The molecule has 1 aliphatic carbocycles. The summed E-state index contributed by atoms with van der Waals surface area (Å²) in [4.78, 5) is 2.83. The van der Waals surface area contributed by atoms with Gasteiger partial charge in [0.1, 0.15) is 0 Å². The van der Waals surface area contributed by atoms with Crippen molar-refractivity contribution in [1.82, 2.24) is 10.2 Å². The summed E-state index contributed by atoms with van der Waals surface area (Å²) in [6.45, 7) is 8.35. The van der Waals surface area contributed by atoms with E-state index in [1.165, 1.54) is 64.5 Å². The molecule has 1 unspecified atom stereocenters. The standard InChI is InChI=1S/C16H32N2/c1-3-17-14(2)8-6-12-18-13-7-10-15-9-4-5-11-16(15)18/h14-17H,3-13H2,1-2H3/t14?,15-,16-/m1/s1. The van der Waals surface area contributed by atoms with Crippen LogP contribution in [0.3, 0.4) is 0 Å². The van der Waals surface area contributed by atoms with Crippen molar-refractivity contribution < 1.29 is 0 Å². The number of nitrogens with one attached hydrogen (secondary N) is 1. The summed E-state index contributed by atoms with van der Waals surface area (Å²) in [5, 5.41) is 3.52. The highest BCUT2D eigenvalue weighted by molar-refractivity contribution is 4.87. The van der Waals surface area contributed by atoms with Crippen LogP contribution in [0.2, 0.25) is 0 Å². The molecule has 2 fully saturated rings. The number of likely N-dealkylation sites (tertiary alicyclic amines) is 1. The molecule has 18 heavy (non-hydrogen) atoms. The molecule has 0 amide bonds. The fourth-order valence-electron chi connectivity index (χ4n) is 4.06. The molecule has 1 N–H and O–H groups in total. The van der Waals surface area contributed by atoms with Gasteiger partial charge in [0.15, 0.2) is 0 Å². The van der Waals surface area contributed by atoms with Gasteiger partial charge in [-0.25, -0.2) is 0 Å². The highest BCUT2D eigenvalue weighted by Gasteiger charge is 2.32. The number of hydrogen-bond acceptors (Lipinski definition) is 2. The van der Waals surface area contributed by atoms with Gasteiger partial charge in [-0.1, -0.05) is 19.8 Å². The van der Waals surface area contributed by atoms with Gasteiger partial charge in [-0.15, -0.1) is 0 Å². The number of fused-ring (bicyclic) bond motifs is 1. The minimum atomic E-state index is 0.696. The first kappa shape index (κ1) is 14.3. The molecule has 1 saturated carbocycles. The van der Waals surface area contributed by atoms with E-state index in [0.717, 1.165) is 18.5 Å². The van der Waals surface area contributed by atoms with Gasteiger partial charge in [0.25, 0.3) is 0 Å². The van der Waals surface area contributed by atoms with Crippen LogP contribution in [0, 0.1) is 5.92 Å². The Morgan fingerprint density at radius 2 is 1.94 bits per heavy atom. The monoisotopic (exact) mass is 252 g/mol. The molecular weight excluding hydrogens is 220 g/mol. The highest BCUT2D eigenvalue weighted by atomic mass is 15.2. The summed E-state index contributed by atoms with van der Waals surface area (Å²) in [7, 11) is 0. The lowest BCUT2D eigenvalue weighted by Gasteiger charge is -2.44. The summed E-state index contributed by atoms with van der Waals surface area (Å²) in [6, 6.07) is 1.64. The predicted molar refractivity (Wildman–Crippen MR) is 78.9 cm³/mol. The Kier molecular flexibility index (Phi) is 5.97. The van der Waals surface area contributed by atoms with Crippen molar-refractivity contribution in [1.29, 1.82) is 0 Å². The van der Waals surface area contributed by atoms with Crippen molar-refractivity contribution in [2.24, 2.45) is 5.92 Å². The maximum Gasteiger partial charge on any atom is 0.0123 e. The molecule has 0 spiro atoms. The summed E-state index contributed by atoms with van der Waals surface area (Å²) in [5.74, 6) is 1.04. The normalized spacial score (nSPS) is 31.0. The van der Waals surface area contributed by atoms with Crippen molar-refractivity contribution in [2.45, 2.75) is 77.3 Å². The molecule has 0 radical (unpaired) electrons. The maximum absolute atomic E-state index is 3.52. The number of piperidine rings is 1. The van der Waals surface area contributed by atoms with E-state index in [0.29, 0.717) is 6.04 Å². The molecule has 3 atom stereocenters. The summed E-state index contributed by atoms with van der Waals surface area (Å²) in [5.41, 5.74) is 0. The molecule has 0 aromatic heterocycles. The quantitative estimate of drug-likeness (QED) is 0.779. The number of nitrogens with zero attached hydrogens (tertiary/aromatic N) is 1. The van der Waals surface area contributed by atoms with E-state index in [9.17, 15) is 0 Å². The lowest BCUT2D eigenvalue weighted by atomic mass is 9.78. The van der Waals surface area contributed by atoms with Gasteiger partial charge in [-0.2, -0.15) is 0 Å². The Labute approximate surface area is 114 Å². The molecule has 1 saturated heterocycles.